The predicted octanol–water partition coefficient (Wildman–Crippen LogP) is 3.56. The van der Waals surface area contributed by atoms with Crippen molar-refractivity contribution < 1.29 is 0 Å². The third-order valence-electron chi connectivity index (χ3n) is 5.85. The van der Waals surface area contributed by atoms with E-state index < -0.39 is 0 Å². The third-order valence-corrected chi connectivity index (χ3v) is 5.85. The SMILES string of the molecule is CCNC1CC2CCCC(C1)N2C1CCCC(C)C1. The summed E-state index contributed by atoms with van der Waals surface area (Å²) in [5, 5.41) is 3.72. The molecule has 3 fully saturated rings. The Morgan fingerprint density at radius 1 is 0.895 bits per heavy atom. The summed E-state index contributed by atoms with van der Waals surface area (Å²) < 4.78 is 0. The van der Waals surface area contributed by atoms with Crippen molar-refractivity contribution in [3.63, 3.8) is 0 Å². The van der Waals surface area contributed by atoms with Gasteiger partial charge in [-0.2, -0.15) is 0 Å². The summed E-state index contributed by atoms with van der Waals surface area (Å²) in [5.74, 6) is 0.964. The maximum Gasteiger partial charge on any atom is 0.0116 e. The number of nitrogens with one attached hydrogen (secondary N) is 1. The van der Waals surface area contributed by atoms with Gasteiger partial charge in [0.2, 0.25) is 0 Å². The Bertz CT molecular complexity index is 277. The quantitative estimate of drug-likeness (QED) is 0.838. The van der Waals surface area contributed by atoms with Crippen LogP contribution in [0, 0.1) is 5.92 Å². The lowest BCUT2D eigenvalue weighted by molar-refractivity contribution is -0.0276. The summed E-state index contributed by atoms with van der Waals surface area (Å²) in [5.41, 5.74) is 0. The molecule has 1 N–H and O–H groups in total. The number of fused-ring (bicyclic) bond motifs is 2. The summed E-state index contributed by atoms with van der Waals surface area (Å²) in [6, 6.07) is 3.51. The largest absolute Gasteiger partial charge is 0.314 e. The Labute approximate surface area is 119 Å². The molecule has 1 aliphatic carbocycles. The molecule has 2 heteroatoms. The van der Waals surface area contributed by atoms with Crippen molar-refractivity contribution in [3.8, 4) is 0 Å². The lowest BCUT2D eigenvalue weighted by Gasteiger charge is -2.53. The minimum absolute atomic E-state index is 0.803. The molecule has 3 rings (SSSR count). The number of hydrogen-bond donors (Lipinski definition) is 1. The highest BCUT2D eigenvalue weighted by atomic mass is 15.2. The summed E-state index contributed by atoms with van der Waals surface area (Å²) in [4.78, 5) is 2.99. The first-order valence-corrected chi connectivity index (χ1v) is 8.78. The molecular formula is C17H32N2. The third kappa shape index (κ3) is 3.00. The van der Waals surface area contributed by atoms with Crippen LogP contribution in [-0.4, -0.2) is 35.6 Å². The molecule has 19 heavy (non-hydrogen) atoms. The molecule has 0 radical (unpaired) electrons. The van der Waals surface area contributed by atoms with Gasteiger partial charge in [0.05, 0.1) is 0 Å². The second kappa shape index (κ2) is 6.13. The second-order valence-electron chi connectivity index (χ2n) is 7.34. The summed E-state index contributed by atoms with van der Waals surface area (Å²) >= 11 is 0. The normalized spacial score (nSPS) is 44.2. The smallest absolute Gasteiger partial charge is 0.0116 e. The van der Waals surface area contributed by atoms with Crippen LogP contribution in [0.15, 0.2) is 0 Å². The van der Waals surface area contributed by atoms with Crippen LogP contribution in [0.25, 0.3) is 0 Å². The molecule has 4 atom stereocenters. The molecule has 2 bridgehead atoms. The first-order valence-electron chi connectivity index (χ1n) is 8.78. The van der Waals surface area contributed by atoms with Gasteiger partial charge in [-0.25, -0.2) is 0 Å². The highest BCUT2D eigenvalue weighted by molar-refractivity contribution is 4.98. The fourth-order valence-electron chi connectivity index (χ4n) is 5.14. The van der Waals surface area contributed by atoms with Gasteiger partial charge in [-0.05, 0) is 51.0 Å². The number of hydrogen-bond acceptors (Lipinski definition) is 2. The number of rotatable bonds is 3. The highest BCUT2D eigenvalue weighted by Crippen LogP contribution is 2.39. The molecule has 2 saturated heterocycles. The monoisotopic (exact) mass is 264 g/mol. The van der Waals surface area contributed by atoms with E-state index >= 15 is 0 Å². The minimum Gasteiger partial charge on any atom is -0.314 e. The predicted molar refractivity (Wildman–Crippen MR) is 81.4 cm³/mol. The van der Waals surface area contributed by atoms with Gasteiger partial charge in [-0.15, -0.1) is 0 Å². The van der Waals surface area contributed by atoms with Crippen LogP contribution in [0.1, 0.15) is 71.6 Å². The van der Waals surface area contributed by atoms with Crippen LogP contribution in [0.4, 0.5) is 0 Å². The maximum atomic E-state index is 3.72. The highest BCUT2D eigenvalue weighted by Gasteiger charge is 2.41. The zero-order chi connectivity index (χ0) is 13.2. The van der Waals surface area contributed by atoms with Crippen molar-refractivity contribution in [2.45, 2.75) is 95.8 Å². The zero-order valence-corrected chi connectivity index (χ0v) is 12.9. The number of nitrogens with zero attached hydrogens (tertiary/aromatic N) is 1. The molecule has 2 nitrogen and oxygen atoms in total. The number of piperidine rings is 2. The molecule has 0 spiro atoms. The van der Waals surface area contributed by atoms with Gasteiger partial charge in [-0.3, -0.25) is 4.90 Å². The summed E-state index contributed by atoms with van der Waals surface area (Å²) in [6.07, 6.45) is 13.1. The van der Waals surface area contributed by atoms with Gasteiger partial charge in [0.25, 0.3) is 0 Å². The van der Waals surface area contributed by atoms with Gasteiger partial charge in [0.1, 0.15) is 0 Å². The van der Waals surface area contributed by atoms with Crippen LogP contribution in [0.3, 0.4) is 0 Å². The topological polar surface area (TPSA) is 15.3 Å². The molecule has 0 aromatic heterocycles. The van der Waals surface area contributed by atoms with Crippen molar-refractivity contribution in [3.05, 3.63) is 0 Å². The average Bonchev–Trinajstić information content (AvgIpc) is 2.38. The van der Waals surface area contributed by atoms with Gasteiger partial charge in [-0.1, -0.05) is 33.1 Å². The first-order chi connectivity index (χ1) is 9.28. The van der Waals surface area contributed by atoms with Crippen LogP contribution < -0.4 is 5.32 Å². The van der Waals surface area contributed by atoms with E-state index in [9.17, 15) is 0 Å². The van der Waals surface area contributed by atoms with Crippen molar-refractivity contribution in [2.24, 2.45) is 5.92 Å². The van der Waals surface area contributed by atoms with E-state index in [0.717, 1.165) is 36.6 Å². The van der Waals surface area contributed by atoms with Crippen LogP contribution >= 0.6 is 0 Å². The van der Waals surface area contributed by atoms with E-state index in [1.54, 1.807) is 0 Å². The molecule has 110 valence electrons. The van der Waals surface area contributed by atoms with Crippen molar-refractivity contribution >= 4 is 0 Å². The molecule has 0 aromatic rings. The van der Waals surface area contributed by atoms with Crippen molar-refractivity contribution in [1.29, 1.82) is 0 Å². The molecule has 0 amide bonds. The fourth-order valence-corrected chi connectivity index (χ4v) is 5.14. The summed E-state index contributed by atoms with van der Waals surface area (Å²) in [7, 11) is 0. The zero-order valence-electron chi connectivity index (χ0n) is 12.9. The molecule has 1 saturated carbocycles. The van der Waals surface area contributed by atoms with E-state index in [4.69, 9.17) is 0 Å². The molecule has 2 aliphatic heterocycles. The van der Waals surface area contributed by atoms with Crippen LogP contribution in [0.2, 0.25) is 0 Å². The van der Waals surface area contributed by atoms with E-state index in [0.29, 0.717) is 0 Å². The lowest BCUT2D eigenvalue weighted by atomic mass is 9.77. The minimum atomic E-state index is 0.803. The van der Waals surface area contributed by atoms with Gasteiger partial charge >= 0.3 is 0 Å². The van der Waals surface area contributed by atoms with E-state index in [1.165, 1.54) is 57.8 Å². The standard InChI is InChI=1S/C17H32N2/c1-3-18-14-11-16-8-5-9-17(12-14)19(16)15-7-4-6-13(2)10-15/h13-18H,3-12H2,1-2H3. The Balaban J connectivity index is 1.68. The Kier molecular flexibility index (Phi) is 4.48. The average molecular weight is 264 g/mol. The van der Waals surface area contributed by atoms with E-state index in [-0.39, 0.29) is 0 Å². The lowest BCUT2D eigenvalue weighted by Crippen LogP contribution is -2.60. The molecule has 3 aliphatic rings. The maximum absolute atomic E-state index is 3.72. The second-order valence-corrected chi connectivity index (χ2v) is 7.34. The molecular weight excluding hydrogens is 232 g/mol. The Morgan fingerprint density at radius 3 is 2.05 bits per heavy atom. The fraction of sp³-hybridized carbons (Fsp3) is 1.00. The van der Waals surface area contributed by atoms with Crippen molar-refractivity contribution in [1.82, 2.24) is 10.2 Å². The van der Waals surface area contributed by atoms with Gasteiger partial charge in [0, 0.05) is 24.2 Å². The molecule has 2 heterocycles. The molecule has 0 aromatic carbocycles. The Hall–Kier alpha value is -0.0800. The van der Waals surface area contributed by atoms with Gasteiger partial charge < -0.3 is 5.32 Å². The van der Waals surface area contributed by atoms with Crippen molar-refractivity contribution in [2.75, 3.05) is 6.54 Å². The Morgan fingerprint density at radius 2 is 1.47 bits per heavy atom. The summed E-state index contributed by atoms with van der Waals surface area (Å²) in [6.45, 7) is 5.86. The van der Waals surface area contributed by atoms with Gasteiger partial charge in [0.15, 0.2) is 0 Å². The van der Waals surface area contributed by atoms with E-state index in [2.05, 4.69) is 24.1 Å². The first kappa shape index (κ1) is 13.9. The van der Waals surface area contributed by atoms with Crippen LogP contribution in [0.5, 0.6) is 0 Å². The molecule has 4 unspecified atom stereocenters. The van der Waals surface area contributed by atoms with E-state index in [1.807, 2.05) is 0 Å². The van der Waals surface area contributed by atoms with Crippen LogP contribution in [-0.2, 0) is 0 Å².